The Hall–Kier alpha value is -0.180. The molecule has 0 aromatic heterocycles. The molecule has 0 amide bonds. The molecule has 0 heterocycles. The van der Waals surface area contributed by atoms with E-state index < -0.39 is 5.92 Å². The minimum absolute atomic E-state index is 0.00979. The summed E-state index contributed by atoms with van der Waals surface area (Å²) in [5.74, 6) is 0.323. The first-order valence-electron chi connectivity index (χ1n) is 8.52. The Bertz CT molecular complexity index is 359. The van der Waals surface area contributed by atoms with E-state index >= 15 is 0 Å². The molecule has 0 aromatic carbocycles. The number of hydrogen-bond acceptors (Lipinski definition) is 1. The van der Waals surface area contributed by atoms with Crippen LogP contribution in [-0.4, -0.2) is 11.5 Å². The van der Waals surface area contributed by atoms with Crippen LogP contribution in [0.5, 0.6) is 0 Å². The molecule has 5 fully saturated rings. The topological polar surface area (TPSA) is 26.0 Å². The summed E-state index contributed by atoms with van der Waals surface area (Å²) >= 11 is 0. The Balaban J connectivity index is 1.49. The van der Waals surface area contributed by atoms with Gasteiger partial charge in [0.15, 0.2) is 0 Å². The van der Waals surface area contributed by atoms with Gasteiger partial charge in [0, 0.05) is 18.4 Å². The van der Waals surface area contributed by atoms with Gasteiger partial charge in [-0.1, -0.05) is 0 Å². The third kappa shape index (κ3) is 2.30. The molecule has 5 rings (SSSR count). The molecule has 3 heteroatoms. The average Bonchev–Trinajstić information content (AvgIpc) is 2.31. The highest BCUT2D eigenvalue weighted by Crippen LogP contribution is 2.63. The molecule has 2 N–H and O–H groups in total. The summed E-state index contributed by atoms with van der Waals surface area (Å²) in [5, 5.41) is 0. The van der Waals surface area contributed by atoms with Gasteiger partial charge in [-0.05, 0) is 81.0 Å². The van der Waals surface area contributed by atoms with E-state index in [2.05, 4.69) is 0 Å². The summed E-state index contributed by atoms with van der Waals surface area (Å²) in [5.41, 5.74) is 6.70. The Morgan fingerprint density at radius 2 is 1.25 bits per heavy atom. The average molecular weight is 283 g/mol. The number of halogens is 2. The van der Waals surface area contributed by atoms with Crippen molar-refractivity contribution in [2.75, 3.05) is 0 Å². The second kappa shape index (κ2) is 4.18. The summed E-state index contributed by atoms with van der Waals surface area (Å²) in [7, 11) is 0. The summed E-state index contributed by atoms with van der Waals surface area (Å²) in [6.45, 7) is 0. The fraction of sp³-hybridized carbons (Fsp3) is 1.00. The van der Waals surface area contributed by atoms with Crippen LogP contribution in [0.1, 0.15) is 70.6 Å². The SMILES string of the molecule is NC1(CC23CC4CC(CC(C4)C2)C3)CCC(F)(F)CC1. The van der Waals surface area contributed by atoms with Crippen molar-refractivity contribution in [3.05, 3.63) is 0 Å². The fourth-order valence-corrected chi connectivity index (χ4v) is 6.54. The molecule has 0 aromatic rings. The van der Waals surface area contributed by atoms with Crippen molar-refractivity contribution in [2.24, 2.45) is 28.9 Å². The molecule has 114 valence electrons. The Morgan fingerprint density at radius 3 is 1.70 bits per heavy atom. The van der Waals surface area contributed by atoms with Gasteiger partial charge in [-0.15, -0.1) is 0 Å². The zero-order chi connectivity index (χ0) is 14.0. The largest absolute Gasteiger partial charge is 0.325 e. The van der Waals surface area contributed by atoms with Gasteiger partial charge in [-0.2, -0.15) is 0 Å². The van der Waals surface area contributed by atoms with Crippen LogP contribution in [-0.2, 0) is 0 Å². The van der Waals surface area contributed by atoms with Crippen molar-refractivity contribution in [1.29, 1.82) is 0 Å². The third-order valence-electron chi connectivity index (χ3n) is 6.87. The van der Waals surface area contributed by atoms with Crippen LogP contribution in [0.3, 0.4) is 0 Å². The van der Waals surface area contributed by atoms with Crippen molar-refractivity contribution in [3.63, 3.8) is 0 Å². The van der Waals surface area contributed by atoms with Crippen molar-refractivity contribution >= 4 is 0 Å². The molecule has 4 bridgehead atoms. The first-order valence-corrected chi connectivity index (χ1v) is 8.52. The zero-order valence-corrected chi connectivity index (χ0v) is 12.3. The molecule has 5 aliphatic carbocycles. The lowest BCUT2D eigenvalue weighted by Gasteiger charge is -2.59. The second-order valence-electron chi connectivity index (χ2n) is 8.81. The molecule has 5 saturated carbocycles. The predicted molar refractivity (Wildman–Crippen MR) is 75.6 cm³/mol. The minimum atomic E-state index is -2.45. The van der Waals surface area contributed by atoms with Gasteiger partial charge in [0.2, 0.25) is 5.92 Å². The summed E-state index contributed by atoms with van der Waals surface area (Å²) < 4.78 is 26.8. The van der Waals surface area contributed by atoms with Gasteiger partial charge < -0.3 is 5.73 Å². The van der Waals surface area contributed by atoms with Crippen LogP contribution in [0.25, 0.3) is 0 Å². The van der Waals surface area contributed by atoms with Gasteiger partial charge in [0.1, 0.15) is 0 Å². The minimum Gasteiger partial charge on any atom is -0.325 e. The standard InChI is InChI=1S/C17H27F2N/c18-17(19)3-1-16(20,2-4-17)11-15-8-12-5-13(9-15)7-14(6-12)10-15/h12-14H,1-11,20H2. The molecular formula is C17H27F2N. The molecule has 1 nitrogen and oxygen atoms in total. The van der Waals surface area contributed by atoms with Crippen molar-refractivity contribution < 1.29 is 8.78 Å². The highest BCUT2D eigenvalue weighted by Gasteiger charge is 2.54. The summed E-state index contributed by atoms with van der Waals surface area (Å²) in [4.78, 5) is 0. The first kappa shape index (κ1) is 13.5. The first-order chi connectivity index (χ1) is 9.36. The van der Waals surface area contributed by atoms with Crippen molar-refractivity contribution in [3.8, 4) is 0 Å². The molecule has 0 unspecified atom stereocenters. The van der Waals surface area contributed by atoms with Crippen LogP contribution in [0.4, 0.5) is 8.78 Å². The van der Waals surface area contributed by atoms with Crippen LogP contribution < -0.4 is 5.73 Å². The van der Waals surface area contributed by atoms with E-state index in [9.17, 15) is 8.78 Å². The molecule has 0 spiro atoms. The summed E-state index contributed by atoms with van der Waals surface area (Å²) in [6.07, 6.45) is 10.4. The lowest BCUT2D eigenvalue weighted by Crippen LogP contribution is -2.54. The van der Waals surface area contributed by atoms with Gasteiger partial charge in [0.25, 0.3) is 0 Å². The Morgan fingerprint density at radius 1 is 0.800 bits per heavy atom. The molecule has 0 radical (unpaired) electrons. The number of hydrogen-bond donors (Lipinski definition) is 1. The second-order valence-corrected chi connectivity index (χ2v) is 8.81. The Labute approximate surface area is 120 Å². The highest BCUT2D eigenvalue weighted by molar-refractivity contribution is 5.06. The quantitative estimate of drug-likeness (QED) is 0.793. The van der Waals surface area contributed by atoms with E-state index in [1.54, 1.807) is 0 Å². The number of alkyl halides is 2. The lowest BCUT2D eigenvalue weighted by atomic mass is 9.47. The molecule has 0 aliphatic heterocycles. The maximum Gasteiger partial charge on any atom is 0.248 e. The molecule has 0 saturated heterocycles. The molecule has 0 atom stereocenters. The molecule has 5 aliphatic rings. The van der Waals surface area contributed by atoms with Crippen LogP contribution in [0, 0.1) is 23.2 Å². The van der Waals surface area contributed by atoms with Gasteiger partial charge in [-0.25, -0.2) is 8.78 Å². The van der Waals surface area contributed by atoms with E-state index in [-0.39, 0.29) is 18.4 Å². The normalized spacial score (nSPS) is 48.5. The van der Waals surface area contributed by atoms with E-state index in [1.807, 2.05) is 0 Å². The fourth-order valence-electron chi connectivity index (χ4n) is 6.54. The maximum absolute atomic E-state index is 13.4. The monoisotopic (exact) mass is 283 g/mol. The van der Waals surface area contributed by atoms with E-state index in [4.69, 9.17) is 5.73 Å². The number of rotatable bonds is 2. The maximum atomic E-state index is 13.4. The lowest BCUT2D eigenvalue weighted by molar-refractivity contribution is -0.0905. The molecular weight excluding hydrogens is 256 g/mol. The van der Waals surface area contributed by atoms with Crippen LogP contribution in [0.15, 0.2) is 0 Å². The van der Waals surface area contributed by atoms with E-state index in [0.29, 0.717) is 18.3 Å². The Kier molecular flexibility index (Phi) is 2.82. The van der Waals surface area contributed by atoms with Crippen molar-refractivity contribution in [2.45, 2.75) is 82.1 Å². The third-order valence-corrected chi connectivity index (χ3v) is 6.87. The van der Waals surface area contributed by atoms with Crippen LogP contribution in [0.2, 0.25) is 0 Å². The van der Waals surface area contributed by atoms with Gasteiger partial charge in [0.05, 0.1) is 0 Å². The van der Waals surface area contributed by atoms with Crippen molar-refractivity contribution in [1.82, 2.24) is 0 Å². The molecule has 20 heavy (non-hydrogen) atoms. The van der Waals surface area contributed by atoms with Gasteiger partial charge >= 0.3 is 0 Å². The van der Waals surface area contributed by atoms with Crippen LogP contribution >= 0.6 is 0 Å². The smallest absolute Gasteiger partial charge is 0.248 e. The predicted octanol–water partition coefficient (Wildman–Crippen LogP) is 4.50. The highest BCUT2D eigenvalue weighted by atomic mass is 19.3. The van der Waals surface area contributed by atoms with E-state index in [0.717, 1.165) is 24.2 Å². The summed E-state index contributed by atoms with van der Waals surface area (Å²) in [6, 6.07) is 0. The number of nitrogens with two attached hydrogens (primary N) is 1. The van der Waals surface area contributed by atoms with E-state index in [1.165, 1.54) is 38.5 Å². The van der Waals surface area contributed by atoms with Gasteiger partial charge in [-0.3, -0.25) is 0 Å². The zero-order valence-electron chi connectivity index (χ0n) is 12.3.